The fourth-order valence-electron chi connectivity index (χ4n) is 1.94. The molecule has 0 spiro atoms. The van der Waals surface area contributed by atoms with Crippen LogP contribution in [0.4, 0.5) is 0 Å². The van der Waals surface area contributed by atoms with Crippen molar-refractivity contribution in [3.8, 4) is 0 Å². The molecule has 2 heterocycles. The lowest BCUT2D eigenvalue weighted by Crippen LogP contribution is -2.27. The van der Waals surface area contributed by atoms with Gasteiger partial charge in [-0.1, -0.05) is 0 Å². The lowest BCUT2D eigenvalue weighted by molar-refractivity contribution is 0.0453. The zero-order valence-corrected chi connectivity index (χ0v) is 8.98. The maximum Gasteiger partial charge on any atom is 0.104 e. The Morgan fingerprint density at radius 3 is 3.29 bits per heavy atom. The van der Waals surface area contributed by atoms with Crippen molar-refractivity contribution in [2.24, 2.45) is 0 Å². The highest BCUT2D eigenvalue weighted by atomic mass is 32.1. The average Bonchev–Trinajstić information content (AvgIpc) is 2.91. The monoisotopic (exact) mass is 209 g/mol. The molecule has 76 valence electrons. The highest BCUT2D eigenvalue weighted by Crippen LogP contribution is 2.32. The van der Waals surface area contributed by atoms with Gasteiger partial charge in [0.2, 0.25) is 0 Å². The van der Waals surface area contributed by atoms with Crippen molar-refractivity contribution >= 4 is 11.3 Å². The molecule has 2 aliphatic rings. The van der Waals surface area contributed by atoms with E-state index in [2.05, 4.69) is 16.8 Å². The number of nitrogens with one attached hydrogen (secondary N) is 1. The highest BCUT2D eigenvalue weighted by molar-refractivity contribution is 7.10. The van der Waals surface area contributed by atoms with Crippen molar-refractivity contribution in [3.05, 3.63) is 21.9 Å². The van der Waals surface area contributed by atoms with E-state index >= 15 is 0 Å². The SMILES string of the molecule is c1cc2c(s1)[C@H](CNC1CC1)OCC2. The Morgan fingerprint density at radius 1 is 1.50 bits per heavy atom. The van der Waals surface area contributed by atoms with E-state index in [9.17, 15) is 0 Å². The first-order valence-electron chi connectivity index (χ1n) is 5.35. The second-order valence-corrected chi connectivity index (χ2v) is 5.05. The van der Waals surface area contributed by atoms with Gasteiger partial charge < -0.3 is 10.1 Å². The molecule has 1 aromatic rings. The first kappa shape index (κ1) is 8.89. The number of hydrogen-bond donors (Lipinski definition) is 1. The molecule has 1 aliphatic carbocycles. The summed E-state index contributed by atoms with van der Waals surface area (Å²) in [7, 11) is 0. The van der Waals surface area contributed by atoms with Gasteiger partial charge in [-0.15, -0.1) is 11.3 Å². The second-order valence-electron chi connectivity index (χ2n) is 4.10. The second kappa shape index (κ2) is 3.65. The Labute approximate surface area is 88.3 Å². The van der Waals surface area contributed by atoms with Crippen molar-refractivity contribution in [3.63, 3.8) is 0 Å². The molecular formula is C11H15NOS. The molecule has 0 radical (unpaired) electrons. The molecule has 1 saturated carbocycles. The first-order chi connectivity index (χ1) is 6.93. The minimum atomic E-state index is 0.319. The fourth-order valence-corrected chi connectivity index (χ4v) is 2.94. The highest BCUT2D eigenvalue weighted by Gasteiger charge is 2.26. The molecule has 3 heteroatoms. The Kier molecular flexibility index (Phi) is 2.32. The first-order valence-corrected chi connectivity index (χ1v) is 6.23. The van der Waals surface area contributed by atoms with Crippen molar-refractivity contribution in [1.82, 2.24) is 5.32 Å². The van der Waals surface area contributed by atoms with Crippen LogP contribution in [0, 0.1) is 0 Å². The molecule has 1 N–H and O–H groups in total. The maximum absolute atomic E-state index is 5.79. The zero-order valence-electron chi connectivity index (χ0n) is 8.16. The molecule has 2 nitrogen and oxygen atoms in total. The molecule has 1 fully saturated rings. The van der Waals surface area contributed by atoms with Gasteiger partial charge in [-0.3, -0.25) is 0 Å². The Morgan fingerprint density at radius 2 is 2.43 bits per heavy atom. The quantitative estimate of drug-likeness (QED) is 0.823. The molecule has 1 atom stereocenters. The standard InChI is InChI=1S/C11H15NOS/c1-2-9(1)12-7-10-11-8(3-5-13-10)4-6-14-11/h4,6,9-10,12H,1-3,5,7H2/t10-/m0/s1. The molecule has 1 aliphatic heterocycles. The summed E-state index contributed by atoms with van der Waals surface area (Å²) >= 11 is 1.84. The Hall–Kier alpha value is -0.380. The largest absolute Gasteiger partial charge is 0.371 e. The molecule has 0 saturated heterocycles. The van der Waals surface area contributed by atoms with Crippen LogP contribution in [-0.4, -0.2) is 19.2 Å². The molecule has 0 bridgehead atoms. The van der Waals surface area contributed by atoms with Crippen LogP contribution in [0.1, 0.15) is 29.4 Å². The number of thiophene rings is 1. The summed E-state index contributed by atoms with van der Waals surface area (Å²) in [6, 6.07) is 3.02. The molecule has 1 aromatic heterocycles. The van der Waals surface area contributed by atoms with E-state index in [1.54, 1.807) is 0 Å². The summed E-state index contributed by atoms with van der Waals surface area (Å²) in [4.78, 5) is 1.45. The van der Waals surface area contributed by atoms with Crippen LogP contribution < -0.4 is 5.32 Å². The van der Waals surface area contributed by atoms with Crippen LogP contribution in [0.3, 0.4) is 0 Å². The van der Waals surface area contributed by atoms with Crippen LogP contribution in [0.15, 0.2) is 11.4 Å². The summed E-state index contributed by atoms with van der Waals surface area (Å²) in [6.45, 7) is 1.89. The number of rotatable bonds is 3. The fraction of sp³-hybridized carbons (Fsp3) is 0.636. The van der Waals surface area contributed by atoms with Gasteiger partial charge in [0.15, 0.2) is 0 Å². The number of fused-ring (bicyclic) bond motifs is 1. The van der Waals surface area contributed by atoms with Gasteiger partial charge in [-0.25, -0.2) is 0 Å². The van der Waals surface area contributed by atoms with E-state index in [1.165, 1.54) is 23.3 Å². The van der Waals surface area contributed by atoms with Gasteiger partial charge >= 0.3 is 0 Å². The van der Waals surface area contributed by atoms with Gasteiger partial charge in [-0.05, 0) is 36.3 Å². The zero-order chi connectivity index (χ0) is 9.38. The maximum atomic E-state index is 5.79. The lowest BCUT2D eigenvalue weighted by Gasteiger charge is -2.23. The van der Waals surface area contributed by atoms with Crippen LogP contribution in [0.2, 0.25) is 0 Å². The van der Waals surface area contributed by atoms with E-state index in [-0.39, 0.29) is 0 Å². The normalized spacial score (nSPS) is 26.1. The van der Waals surface area contributed by atoms with E-state index < -0.39 is 0 Å². The van der Waals surface area contributed by atoms with E-state index in [4.69, 9.17) is 4.74 Å². The molecular weight excluding hydrogens is 194 g/mol. The van der Waals surface area contributed by atoms with Crippen molar-refractivity contribution in [2.75, 3.05) is 13.2 Å². The van der Waals surface area contributed by atoms with Crippen molar-refractivity contribution in [1.29, 1.82) is 0 Å². The minimum Gasteiger partial charge on any atom is -0.371 e. The Balaban J connectivity index is 1.68. The summed E-state index contributed by atoms with van der Waals surface area (Å²) < 4.78 is 5.79. The molecule has 14 heavy (non-hydrogen) atoms. The van der Waals surface area contributed by atoms with Crippen molar-refractivity contribution < 1.29 is 4.74 Å². The predicted molar refractivity (Wildman–Crippen MR) is 57.7 cm³/mol. The molecule has 0 aromatic carbocycles. The van der Waals surface area contributed by atoms with Gasteiger partial charge in [0.05, 0.1) is 6.61 Å². The lowest BCUT2D eigenvalue weighted by atomic mass is 10.1. The van der Waals surface area contributed by atoms with Gasteiger partial charge in [0, 0.05) is 17.5 Å². The van der Waals surface area contributed by atoms with Crippen LogP contribution in [-0.2, 0) is 11.2 Å². The van der Waals surface area contributed by atoms with E-state index in [0.29, 0.717) is 6.10 Å². The third-order valence-electron chi connectivity index (χ3n) is 2.93. The van der Waals surface area contributed by atoms with Crippen LogP contribution >= 0.6 is 11.3 Å². The summed E-state index contributed by atoms with van der Waals surface area (Å²) in [5, 5.41) is 5.72. The topological polar surface area (TPSA) is 21.3 Å². The third-order valence-corrected chi connectivity index (χ3v) is 3.98. The average molecular weight is 209 g/mol. The van der Waals surface area contributed by atoms with Crippen molar-refractivity contribution in [2.45, 2.75) is 31.4 Å². The number of hydrogen-bond acceptors (Lipinski definition) is 3. The van der Waals surface area contributed by atoms with E-state index in [1.807, 2.05) is 11.3 Å². The molecule has 3 rings (SSSR count). The molecule has 0 unspecified atom stereocenters. The van der Waals surface area contributed by atoms with E-state index in [0.717, 1.165) is 25.6 Å². The smallest absolute Gasteiger partial charge is 0.104 e. The summed E-state index contributed by atoms with van der Waals surface area (Å²) in [5.41, 5.74) is 1.50. The van der Waals surface area contributed by atoms with Gasteiger partial charge in [0.1, 0.15) is 6.10 Å². The van der Waals surface area contributed by atoms with Gasteiger partial charge in [-0.2, -0.15) is 0 Å². The third kappa shape index (κ3) is 1.72. The summed E-state index contributed by atoms with van der Waals surface area (Å²) in [5.74, 6) is 0. The van der Waals surface area contributed by atoms with Crippen LogP contribution in [0.5, 0.6) is 0 Å². The van der Waals surface area contributed by atoms with Gasteiger partial charge in [0.25, 0.3) is 0 Å². The van der Waals surface area contributed by atoms with Crippen LogP contribution in [0.25, 0.3) is 0 Å². The minimum absolute atomic E-state index is 0.319. The predicted octanol–water partition coefficient (Wildman–Crippen LogP) is 2.11. The Bertz CT molecular complexity index is 319. The molecule has 0 amide bonds. The number of ether oxygens (including phenoxy) is 1. The summed E-state index contributed by atoms with van der Waals surface area (Å²) in [6.07, 6.45) is 4.12.